The molecular weight excluding hydrogens is 257 g/mol. The van der Waals surface area contributed by atoms with Crippen molar-refractivity contribution in [1.29, 1.82) is 5.26 Å². The zero-order valence-corrected chi connectivity index (χ0v) is 10.0. The standard InChI is InChI=1S/C8H7Cl2N3OS/c1-15(14,13-5-11)4-6-3-12-8(10)2-7(6)9/h2-4H,1H3,(H,13,14). The first-order valence-electron chi connectivity index (χ1n) is 3.75. The topological polar surface area (TPSA) is 65.8 Å². The van der Waals surface area contributed by atoms with E-state index in [1.54, 1.807) is 6.19 Å². The minimum Gasteiger partial charge on any atom is -0.249 e. The highest BCUT2D eigenvalue weighted by Gasteiger charge is 2.03. The number of halogens is 2. The lowest BCUT2D eigenvalue weighted by Crippen LogP contribution is -2.18. The van der Waals surface area contributed by atoms with Crippen LogP contribution in [0.2, 0.25) is 10.2 Å². The molecule has 15 heavy (non-hydrogen) atoms. The summed E-state index contributed by atoms with van der Waals surface area (Å²) in [7, 11) is -2.57. The van der Waals surface area contributed by atoms with Crippen LogP contribution in [0.4, 0.5) is 0 Å². The fraction of sp³-hybridized carbons (Fsp3) is 0.125. The van der Waals surface area contributed by atoms with Crippen LogP contribution in [0.5, 0.6) is 0 Å². The Bertz CT molecular complexity index is 529. The average molecular weight is 264 g/mol. The molecule has 0 aliphatic rings. The van der Waals surface area contributed by atoms with Crippen LogP contribution in [-0.2, 0) is 9.71 Å². The largest absolute Gasteiger partial charge is 0.249 e. The molecule has 4 nitrogen and oxygen atoms in total. The zero-order chi connectivity index (χ0) is 11.5. The minimum absolute atomic E-state index is 0.257. The summed E-state index contributed by atoms with van der Waals surface area (Å²) < 4.78 is 13.9. The number of nitriles is 1. The molecule has 1 aromatic rings. The van der Waals surface area contributed by atoms with Crippen molar-refractivity contribution in [3.05, 3.63) is 28.0 Å². The van der Waals surface area contributed by atoms with E-state index in [-0.39, 0.29) is 5.15 Å². The molecule has 1 heterocycles. The van der Waals surface area contributed by atoms with Crippen LogP contribution in [0.3, 0.4) is 0 Å². The van der Waals surface area contributed by atoms with Crippen molar-refractivity contribution >= 4 is 38.3 Å². The SMILES string of the molecule is CS(=O)(=Cc1cnc(Cl)cc1Cl)NC#N. The van der Waals surface area contributed by atoms with E-state index in [2.05, 4.69) is 9.71 Å². The Kier molecular flexibility index (Phi) is 3.80. The summed E-state index contributed by atoms with van der Waals surface area (Å²) in [5, 5.41) is 10.3. The summed E-state index contributed by atoms with van der Waals surface area (Å²) in [5.41, 5.74) is 0.469. The van der Waals surface area contributed by atoms with Crippen molar-refractivity contribution in [2.45, 2.75) is 0 Å². The molecule has 0 fully saturated rings. The molecule has 0 spiro atoms. The van der Waals surface area contributed by atoms with Gasteiger partial charge in [-0.3, -0.25) is 0 Å². The van der Waals surface area contributed by atoms with E-state index in [1.807, 2.05) is 0 Å². The molecule has 7 heteroatoms. The van der Waals surface area contributed by atoms with Gasteiger partial charge >= 0.3 is 0 Å². The summed E-state index contributed by atoms with van der Waals surface area (Å²) in [6, 6.07) is 1.44. The highest BCUT2D eigenvalue weighted by molar-refractivity contribution is 7.99. The van der Waals surface area contributed by atoms with Crippen LogP contribution in [0.15, 0.2) is 12.3 Å². The first kappa shape index (κ1) is 12.1. The van der Waals surface area contributed by atoms with Crippen LogP contribution in [0.1, 0.15) is 5.56 Å². The predicted octanol–water partition coefficient (Wildman–Crippen LogP) is 1.44. The Labute approximate surface area is 98.0 Å². The van der Waals surface area contributed by atoms with Gasteiger partial charge in [-0.05, 0) is 6.07 Å². The minimum atomic E-state index is -2.57. The number of aromatic nitrogens is 1. The second-order valence-electron chi connectivity index (χ2n) is 2.76. The van der Waals surface area contributed by atoms with Crippen molar-refractivity contribution in [3.8, 4) is 6.19 Å². The molecule has 1 rings (SSSR count). The van der Waals surface area contributed by atoms with E-state index >= 15 is 0 Å². The van der Waals surface area contributed by atoms with Crippen LogP contribution in [0, 0.1) is 11.5 Å². The Morgan fingerprint density at radius 3 is 2.87 bits per heavy atom. The van der Waals surface area contributed by atoms with Gasteiger partial charge in [-0.15, -0.1) is 0 Å². The van der Waals surface area contributed by atoms with E-state index in [4.69, 9.17) is 28.5 Å². The monoisotopic (exact) mass is 263 g/mol. The van der Waals surface area contributed by atoms with Gasteiger partial charge in [0.2, 0.25) is 0 Å². The number of nitrogens with zero attached hydrogens (tertiary/aromatic N) is 2. The molecule has 0 bridgehead atoms. The van der Waals surface area contributed by atoms with Gasteiger partial charge in [0.15, 0.2) is 6.19 Å². The predicted molar refractivity (Wildman–Crippen MR) is 62.2 cm³/mol. The number of hydrogen-bond donors (Lipinski definition) is 1. The lowest BCUT2D eigenvalue weighted by atomic mass is 10.3. The maximum absolute atomic E-state index is 11.7. The maximum Gasteiger partial charge on any atom is 0.188 e. The first-order chi connectivity index (χ1) is 6.94. The number of hydrogen-bond acceptors (Lipinski definition) is 3. The third-order valence-electron chi connectivity index (χ3n) is 1.45. The molecule has 1 N–H and O–H groups in total. The Balaban J connectivity index is 3.21. The van der Waals surface area contributed by atoms with E-state index in [9.17, 15) is 4.21 Å². The van der Waals surface area contributed by atoms with Crippen molar-refractivity contribution < 1.29 is 4.21 Å². The molecule has 0 amide bonds. The number of rotatable bonds is 2. The molecule has 0 saturated carbocycles. The summed E-state index contributed by atoms with van der Waals surface area (Å²) >= 11 is 11.4. The molecule has 0 aliphatic carbocycles. The third kappa shape index (κ3) is 3.59. The molecular formula is C8H7Cl2N3OS. The second kappa shape index (κ2) is 4.71. The lowest BCUT2D eigenvalue weighted by molar-refractivity contribution is 0.682. The fourth-order valence-electron chi connectivity index (χ4n) is 0.867. The second-order valence-corrected chi connectivity index (χ2v) is 5.81. The molecule has 0 saturated heterocycles. The summed E-state index contributed by atoms with van der Waals surface area (Å²) in [5.74, 6) is 0. The van der Waals surface area contributed by atoms with Gasteiger partial charge in [-0.1, -0.05) is 23.2 Å². The smallest absolute Gasteiger partial charge is 0.188 e. The van der Waals surface area contributed by atoms with Crippen LogP contribution < -0.4 is 4.72 Å². The Hall–Kier alpha value is -0.960. The molecule has 1 atom stereocenters. The van der Waals surface area contributed by atoms with Crippen molar-refractivity contribution in [2.75, 3.05) is 6.26 Å². The van der Waals surface area contributed by atoms with Crippen LogP contribution >= 0.6 is 23.2 Å². The van der Waals surface area contributed by atoms with Gasteiger partial charge in [0.05, 0.1) is 14.7 Å². The van der Waals surface area contributed by atoms with E-state index in [0.29, 0.717) is 10.6 Å². The van der Waals surface area contributed by atoms with E-state index < -0.39 is 9.71 Å². The molecule has 0 aliphatic heterocycles. The number of nitrogens with one attached hydrogen (secondary N) is 1. The highest BCUT2D eigenvalue weighted by atomic mass is 35.5. The Morgan fingerprint density at radius 1 is 1.67 bits per heavy atom. The normalized spacial score (nSPS) is 13.7. The molecule has 1 unspecified atom stereocenters. The van der Waals surface area contributed by atoms with Crippen molar-refractivity contribution in [3.63, 3.8) is 0 Å². The molecule has 0 radical (unpaired) electrons. The van der Waals surface area contributed by atoms with Gasteiger partial charge in [0.25, 0.3) is 0 Å². The van der Waals surface area contributed by atoms with E-state index in [1.165, 1.54) is 23.9 Å². The quantitative estimate of drug-likeness (QED) is 0.380. The fourth-order valence-corrected chi connectivity index (χ4v) is 2.26. The molecule has 0 aromatic carbocycles. The number of pyridine rings is 1. The average Bonchev–Trinajstić information content (AvgIpc) is 2.09. The highest BCUT2D eigenvalue weighted by Crippen LogP contribution is 2.17. The van der Waals surface area contributed by atoms with Gasteiger partial charge in [-0.25, -0.2) is 13.9 Å². The molecule has 1 aromatic heterocycles. The van der Waals surface area contributed by atoms with Crippen molar-refractivity contribution in [1.82, 2.24) is 9.71 Å². The van der Waals surface area contributed by atoms with Gasteiger partial charge in [0, 0.05) is 23.4 Å². The van der Waals surface area contributed by atoms with E-state index in [0.717, 1.165) is 0 Å². The van der Waals surface area contributed by atoms with Crippen LogP contribution in [-0.4, -0.2) is 20.8 Å². The first-order valence-corrected chi connectivity index (χ1v) is 6.54. The van der Waals surface area contributed by atoms with Gasteiger partial charge in [-0.2, -0.15) is 5.26 Å². The van der Waals surface area contributed by atoms with Gasteiger partial charge < -0.3 is 0 Å². The maximum atomic E-state index is 11.7. The molecule has 80 valence electrons. The van der Waals surface area contributed by atoms with Crippen LogP contribution in [0.25, 0.3) is 0 Å². The Morgan fingerprint density at radius 2 is 2.33 bits per heavy atom. The summed E-state index contributed by atoms with van der Waals surface area (Å²) in [4.78, 5) is 3.80. The summed E-state index contributed by atoms with van der Waals surface area (Å²) in [6.45, 7) is 0. The third-order valence-corrected chi connectivity index (χ3v) is 3.18. The zero-order valence-electron chi connectivity index (χ0n) is 7.70. The van der Waals surface area contributed by atoms with Crippen molar-refractivity contribution in [2.24, 2.45) is 0 Å². The van der Waals surface area contributed by atoms with Gasteiger partial charge in [0.1, 0.15) is 5.15 Å². The lowest BCUT2D eigenvalue weighted by Gasteiger charge is -2.02. The summed E-state index contributed by atoms with van der Waals surface area (Å²) in [6.07, 6.45) is 4.40.